The third-order valence-corrected chi connectivity index (χ3v) is 22.1. The number of aryl methyl sites for hydroxylation is 14. The van der Waals surface area contributed by atoms with Gasteiger partial charge in [0.2, 0.25) is 45.6 Å². The van der Waals surface area contributed by atoms with E-state index in [1.807, 2.05) is 69.1 Å². The number of rotatable bonds is 12. The first kappa shape index (κ1) is 69.7. The van der Waals surface area contributed by atoms with Crippen LogP contribution in [0.3, 0.4) is 0 Å². The predicted octanol–water partition coefficient (Wildman–Crippen LogP) is 24.2. The summed E-state index contributed by atoms with van der Waals surface area (Å²) in [6.07, 6.45) is 9.69. The number of hydrogen-bond donors (Lipinski definition) is 0. The zero-order valence-electron chi connectivity index (χ0n) is 74.9. The average Bonchev–Trinajstić information content (AvgIpc) is 1.54. The van der Waals surface area contributed by atoms with Gasteiger partial charge < -0.3 is 17.7 Å². The molecule has 0 saturated carbocycles. The highest BCUT2D eigenvalue weighted by molar-refractivity contribution is 6.12. The second-order valence-corrected chi connectivity index (χ2v) is 32.2. The summed E-state index contributed by atoms with van der Waals surface area (Å²) in [4.78, 5) is 18.9. The van der Waals surface area contributed by atoms with Crippen molar-refractivity contribution in [3.05, 3.63) is 236 Å². The summed E-state index contributed by atoms with van der Waals surface area (Å²) >= 11 is 0. The number of aromatic nitrogens is 8. The van der Waals surface area contributed by atoms with E-state index in [4.69, 9.17) is 40.8 Å². The van der Waals surface area contributed by atoms with Crippen molar-refractivity contribution < 1.29 is 44.2 Å². The van der Waals surface area contributed by atoms with Crippen LogP contribution in [0, 0.1) is 55.2 Å². The van der Waals surface area contributed by atoms with Crippen LogP contribution in [0.4, 0.5) is 0 Å². The maximum absolute atomic E-state index is 7.97. The van der Waals surface area contributed by atoms with E-state index in [9.17, 15) is 0 Å². The molecule has 0 unspecified atom stereocenters. The lowest BCUT2D eigenvalue weighted by atomic mass is 9.94. The van der Waals surface area contributed by atoms with Crippen molar-refractivity contribution in [2.45, 2.75) is 201 Å². The average molecular weight is 1470 g/mol. The fraction of sp³-hybridized carbons (Fsp3) is 0.347. The highest BCUT2D eigenvalue weighted by atomic mass is 16.4. The van der Waals surface area contributed by atoms with Crippen LogP contribution in [-0.2, 0) is 41.0 Å². The zero-order chi connectivity index (χ0) is 83.9. The summed E-state index contributed by atoms with van der Waals surface area (Å²) in [5.41, 5.74) is 31.2. The molecule has 0 fully saturated rings. The Balaban J connectivity index is 0.000000135. The quantitative estimate of drug-likeness (QED) is 0.111. The Morgan fingerprint density at radius 1 is 0.291 bits per heavy atom. The van der Waals surface area contributed by atoms with Crippen molar-refractivity contribution in [3.8, 4) is 45.0 Å². The van der Waals surface area contributed by atoms with E-state index in [0.29, 0.717) is 46.2 Å². The maximum atomic E-state index is 7.97. The molecular formula is C98H112N8O4+4. The number of nitrogens with zero attached hydrogens (tertiary/aromatic N) is 8. The SMILES string of the molecule is CCc1ccc2c(n1)oc1c(-c3cc(C(C)C)c(C)c[n+]3C)c(C)ccc12.Cc1c[n+](C)c(-c2c(C)ccc3c2oc2nc(C(C)C)ccc23)cc1C(C)C.[2H]C([2H])([2H])c1c[n+](C)c(-c2c(C)ccc3c2oc2nc(C(C)C)ccc23)cc1C(C)C.[2H]C([2H])([2H])c1c[n+](C)c(-c2c(C)ccc3c2oc2nc(CC)ccc23)cc1C(C)C. The molecule has 564 valence electrons. The fourth-order valence-corrected chi connectivity index (χ4v) is 15.8. The normalized spacial score (nSPS) is 13.0. The molecule has 12 nitrogen and oxygen atoms in total. The molecule has 16 rings (SSSR count). The predicted molar refractivity (Wildman–Crippen MR) is 454 cm³/mol. The largest absolute Gasteiger partial charge is 0.437 e. The Morgan fingerprint density at radius 2 is 0.527 bits per heavy atom. The second kappa shape index (κ2) is 31.0. The van der Waals surface area contributed by atoms with Crippen molar-refractivity contribution in [1.29, 1.82) is 0 Å². The van der Waals surface area contributed by atoms with Crippen LogP contribution in [0.1, 0.15) is 230 Å². The Hall–Kier alpha value is -10.7. The standard InChI is InChI=1S/2C25H29N2O.2C24H27N2O/c2*1-14(2)20-12-22(27(7)13-17(20)6)23-16(5)8-9-18-19-10-11-21(15(3)4)26-25(19)28-24(18)23;2*1-7-17-9-11-19-18-10-8-15(4)22(23(18)27-24(19)25-17)21-12-20(14(2)3)16(5)13-26(21)6/h2*8-15H,1-7H3;2*8-14H,7H2,1-6H3/q4*+1/i6D3;;5D3;. The first-order valence-electron chi connectivity index (χ1n) is 42.2. The Bertz CT molecular complexity index is 6500. The third-order valence-electron chi connectivity index (χ3n) is 22.1. The fourth-order valence-electron chi connectivity index (χ4n) is 15.8. The minimum Gasteiger partial charge on any atom is -0.437 e. The number of furan rings is 4. The topological polar surface area (TPSA) is 120 Å². The third kappa shape index (κ3) is 14.5. The van der Waals surface area contributed by atoms with Crippen LogP contribution in [0.2, 0.25) is 0 Å². The summed E-state index contributed by atoms with van der Waals surface area (Å²) in [5, 5.41) is 8.45. The molecule has 0 spiro atoms. The van der Waals surface area contributed by atoms with E-state index in [0.717, 1.165) is 168 Å². The first-order valence-corrected chi connectivity index (χ1v) is 39.2. The molecule has 0 N–H and O–H groups in total. The smallest absolute Gasteiger partial charge is 0.227 e. The van der Waals surface area contributed by atoms with Gasteiger partial charge in [-0.3, -0.25) is 0 Å². The molecule has 0 radical (unpaired) electrons. The highest BCUT2D eigenvalue weighted by Crippen LogP contribution is 2.43. The van der Waals surface area contributed by atoms with Crippen LogP contribution in [0.5, 0.6) is 0 Å². The van der Waals surface area contributed by atoms with Crippen molar-refractivity contribution in [3.63, 3.8) is 0 Å². The number of pyridine rings is 8. The molecule has 0 aliphatic rings. The van der Waals surface area contributed by atoms with Gasteiger partial charge in [0.25, 0.3) is 0 Å². The lowest BCUT2D eigenvalue weighted by Crippen LogP contribution is -2.32. The minimum atomic E-state index is -2.16. The highest BCUT2D eigenvalue weighted by Gasteiger charge is 2.29. The van der Waals surface area contributed by atoms with E-state index < -0.39 is 13.7 Å². The van der Waals surface area contributed by atoms with Gasteiger partial charge in [0.05, 0.1) is 22.3 Å². The summed E-state index contributed by atoms with van der Waals surface area (Å²) in [6, 6.07) is 42.5. The molecule has 12 heteroatoms. The summed E-state index contributed by atoms with van der Waals surface area (Å²) in [6.45, 7) is 38.3. The van der Waals surface area contributed by atoms with Crippen molar-refractivity contribution in [2.75, 3.05) is 0 Å². The molecule has 12 heterocycles. The van der Waals surface area contributed by atoms with Crippen LogP contribution in [-0.4, -0.2) is 19.9 Å². The summed E-state index contributed by atoms with van der Waals surface area (Å²) < 4.78 is 81.3. The van der Waals surface area contributed by atoms with Gasteiger partial charge in [0, 0.05) is 121 Å². The molecule has 0 aliphatic carbocycles. The molecule has 0 bridgehead atoms. The van der Waals surface area contributed by atoms with Crippen LogP contribution in [0.25, 0.3) is 133 Å². The van der Waals surface area contributed by atoms with Gasteiger partial charge in [0.15, 0.2) is 47.1 Å². The Kier molecular flexibility index (Phi) is 19.6. The molecule has 12 aromatic heterocycles. The van der Waals surface area contributed by atoms with Gasteiger partial charge in [-0.05, 0) is 197 Å². The van der Waals surface area contributed by atoms with Gasteiger partial charge in [0.1, 0.15) is 28.2 Å². The van der Waals surface area contributed by atoms with E-state index in [1.165, 1.54) is 44.8 Å². The van der Waals surface area contributed by atoms with Crippen LogP contribution < -0.4 is 18.3 Å². The molecule has 0 atom stereocenters. The zero-order valence-corrected chi connectivity index (χ0v) is 68.9. The first-order chi connectivity index (χ1) is 54.8. The van der Waals surface area contributed by atoms with Crippen molar-refractivity contribution in [1.82, 2.24) is 19.9 Å². The van der Waals surface area contributed by atoms with E-state index >= 15 is 0 Å². The van der Waals surface area contributed by atoms with Gasteiger partial charge in [-0.15, -0.1) is 0 Å². The van der Waals surface area contributed by atoms with E-state index in [-0.39, 0.29) is 11.8 Å². The molecular weight excluding hydrogens is 1350 g/mol. The molecule has 16 aromatic rings. The summed E-state index contributed by atoms with van der Waals surface area (Å²) in [7, 11) is 8.01. The van der Waals surface area contributed by atoms with Crippen molar-refractivity contribution in [2.24, 2.45) is 28.2 Å². The van der Waals surface area contributed by atoms with Gasteiger partial charge >= 0.3 is 0 Å². The molecule has 110 heavy (non-hydrogen) atoms. The summed E-state index contributed by atoms with van der Waals surface area (Å²) in [5.74, 6) is 1.82. The van der Waals surface area contributed by atoms with Gasteiger partial charge in [-0.1, -0.05) is 145 Å². The molecule has 0 aliphatic heterocycles. The minimum absolute atomic E-state index is 0.0841. The Morgan fingerprint density at radius 3 is 0.773 bits per heavy atom. The lowest BCUT2D eigenvalue weighted by Gasteiger charge is -2.12. The number of benzene rings is 4. The van der Waals surface area contributed by atoms with Gasteiger partial charge in [-0.2, -0.15) is 0 Å². The monoisotopic (exact) mass is 1470 g/mol. The second-order valence-electron chi connectivity index (χ2n) is 32.2. The van der Waals surface area contributed by atoms with Crippen LogP contribution in [0.15, 0.2) is 164 Å². The molecule has 0 amide bonds. The molecule has 0 saturated heterocycles. The Labute approximate surface area is 658 Å². The van der Waals surface area contributed by atoms with E-state index in [2.05, 4.69) is 255 Å². The number of fused-ring (bicyclic) bond motifs is 12. The molecule has 4 aromatic carbocycles. The maximum Gasteiger partial charge on any atom is 0.227 e. The van der Waals surface area contributed by atoms with Crippen LogP contribution >= 0.6 is 0 Å². The lowest BCUT2D eigenvalue weighted by molar-refractivity contribution is -0.660. The number of hydrogen-bond acceptors (Lipinski definition) is 8. The van der Waals surface area contributed by atoms with Gasteiger partial charge in [-0.25, -0.2) is 38.2 Å². The van der Waals surface area contributed by atoms with Crippen molar-refractivity contribution >= 4 is 88.3 Å². The van der Waals surface area contributed by atoms with E-state index in [1.54, 1.807) is 12.4 Å².